The highest BCUT2D eigenvalue weighted by molar-refractivity contribution is 7.80. The van der Waals surface area contributed by atoms with Gasteiger partial charge < -0.3 is 10.6 Å². The number of benzene rings is 2. The fourth-order valence-corrected chi connectivity index (χ4v) is 2.00. The molecule has 0 spiro atoms. The molecule has 2 rings (SSSR count). The second-order valence-electron chi connectivity index (χ2n) is 4.66. The van der Waals surface area contributed by atoms with Crippen LogP contribution in [0.25, 0.3) is 0 Å². The summed E-state index contributed by atoms with van der Waals surface area (Å²) in [5.74, 6) is -10.6. The number of thiocarbonyl (C=S) groups is 1. The van der Waals surface area contributed by atoms with Crippen molar-refractivity contribution in [3.63, 3.8) is 0 Å². The van der Waals surface area contributed by atoms with Crippen molar-refractivity contribution >= 4 is 34.5 Å². The molecule has 0 aliphatic heterocycles. The number of carbonyl (C=O) groups excluding carboxylic acids is 1. The average Bonchev–Trinajstić information content (AvgIpc) is 2.55. The summed E-state index contributed by atoms with van der Waals surface area (Å²) in [6.07, 6.45) is 0. The Morgan fingerprint density at radius 3 is 1.75 bits per heavy atom. The van der Waals surface area contributed by atoms with E-state index >= 15 is 0 Å². The molecular weight excluding hydrogens is 351 g/mol. The van der Waals surface area contributed by atoms with Crippen LogP contribution in [-0.4, -0.2) is 10.9 Å². The third-order valence-electron chi connectivity index (χ3n) is 3.00. The summed E-state index contributed by atoms with van der Waals surface area (Å²) < 4.78 is 66.2. The Labute approximate surface area is 138 Å². The Hall–Kier alpha value is -2.55. The van der Waals surface area contributed by atoms with Crippen LogP contribution in [-0.2, 0) is 0 Å². The van der Waals surface area contributed by atoms with E-state index in [-0.39, 0.29) is 5.78 Å². The predicted molar refractivity (Wildman–Crippen MR) is 82.5 cm³/mol. The second kappa shape index (κ2) is 6.91. The topological polar surface area (TPSA) is 41.1 Å². The molecule has 2 aromatic carbocycles. The van der Waals surface area contributed by atoms with Crippen molar-refractivity contribution < 1.29 is 26.7 Å². The quantitative estimate of drug-likeness (QED) is 0.280. The van der Waals surface area contributed by atoms with Crippen molar-refractivity contribution in [1.29, 1.82) is 0 Å². The van der Waals surface area contributed by atoms with Crippen LogP contribution in [0.15, 0.2) is 24.3 Å². The monoisotopic (exact) mass is 360 g/mol. The minimum atomic E-state index is -2.26. The van der Waals surface area contributed by atoms with Gasteiger partial charge in [-0.05, 0) is 43.4 Å². The van der Waals surface area contributed by atoms with Gasteiger partial charge in [0.15, 0.2) is 34.2 Å². The predicted octanol–water partition coefficient (Wildman–Crippen LogP) is 4.39. The Bertz CT molecular complexity index is 795. The van der Waals surface area contributed by atoms with E-state index in [0.29, 0.717) is 11.3 Å². The van der Waals surface area contributed by atoms with Crippen molar-refractivity contribution in [2.24, 2.45) is 0 Å². The molecule has 0 aliphatic carbocycles. The number of carbonyl (C=O) groups is 1. The van der Waals surface area contributed by atoms with Crippen LogP contribution in [0.2, 0.25) is 0 Å². The smallest absolute Gasteiger partial charge is 0.200 e. The van der Waals surface area contributed by atoms with Crippen molar-refractivity contribution in [3.8, 4) is 0 Å². The largest absolute Gasteiger partial charge is 0.332 e. The van der Waals surface area contributed by atoms with Crippen LogP contribution in [0, 0.1) is 29.1 Å². The maximum Gasteiger partial charge on any atom is 0.200 e. The van der Waals surface area contributed by atoms with Gasteiger partial charge in [0.05, 0.1) is 0 Å². The molecule has 0 aromatic heterocycles. The van der Waals surface area contributed by atoms with E-state index in [0.717, 1.165) is 0 Å². The highest BCUT2D eigenvalue weighted by Crippen LogP contribution is 2.27. The zero-order valence-electron chi connectivity index (χ0n) is 12.0. The molecule has 0 fully saturated rings. The van der Waals surface area contributed by atoms with E-state index in [2.05, 4.69) is 5.32 Å². The van der Waals surface area contributed by atoms with Gasteiger partial charge in [0.2, 0.25) is 5.82 Å². The van der Waals surface area contributed by atoms with E-state index in [9.17, 15) is 26.7 Å². The lowest BCUT2D eigenvalue weighted by atomic mass is 10.1. The number of hydrogen-bond donors (Lipinski definition) is 2. The zero-order chi connectivity index (χ0) is 18.0. The molecule has 0 unspecified atom stereocenters. The summed E-state index contributed by atoms with van der Waals surface area (Å²) in [7, 11) is 0. The van der Waals surface area contributed by atoms with Crippen LogP contribution in [0.3, 0.4) is 0 Å². The molecule has 9 heteroatoms. The third kappa shape index (κ3) is 3.51. The highest BCUT2D eigenvalue weighted by atomic mass is 32.1. The lowest BCUT2D eigenvalue weighted by molar-refractivity contribution is 0.101. The summed E-state index contributed by atoms with van der Waals surface area (Å²) in [6, 6.07) is 5.88. The molecule has 0 saturated heterocycles. The van der Waals surface area contributed by atoms with Gasteiger partial charge in [-0.3, -0.25) is 4.79 Å². The number of ketones is 1. The first-order chi connectivity index (χ1) is 11.2. The van der Waals surface area contributed by atoms with Crippen molar-refractivity contribution in [3.05, 3.63) is 58.9 Å². The summed E-state index contributed by atoms with van der Waals surface area (Å²) in [4.78, 5) is 11.1. The van der Waals surface area contributed by atoms with Gasteiger partial charge in [-0.25, -0.2) is 22.0 Å². The number of rotatable bonds is 3. The summed E-state index contributed by atoms with van der Waals surface area (Å²) in [5.41, 5.74) is -0.482. The Morgan fingerprint density at radius 1 is 0.833 bits per heavy atom. The van der Waals surface area contributed by atoms with E-state index in [1.165, 1.54) is 31.2 Å². The van der Waals surface area contributed by atoms with Crippen LogP contribution in [0.4, 0.5) is 33.3 Å². The summed E-state index contributed by atoms with van der Waals surface area (Å²) in [5, 5.41) is 4.04. The zero-order valence-corrected chi connectivity index (χ0v) is 12.8. The van der Waals surface area contributed by atoms with Gasteiger partial charge in [0.25, 0.3) is 0 Å². The lowest BCUT2D eigenvalue weighted by Gasteiger charge is -2.13. The molecular formula is C15H9F5N2OS. The fourth-order valence-electron chi connectivity index (χ4n) is 1.78. The van der Waals surface area contributed by atoms with Crippen molar-refractivity contribution in [2.45, 2.75) is 6.92 Å². The van der Waals surface area contributed by atoms with E-state index < -0.39 is 39.9 Å². The summed E-state index contributed by atoms with van der Waals surface area (Å²) in [6.45, 7) is 1.37. The molecule has 24 heavy (non-hydrogen) atoms. The van der Waals surface area contributed by atoms with E-state index in [4.69, 9.17) is 12.2 Å². The standard InChI is InChI=1S/C15H9F5N2OS/c1-6(23)7-2-4-8(5-3-7)21-15(24)22-14-12(19)10(17)9(16)11(18)13(14)20/h2-5H,1H3,(H2,21,22,24). The van der Waals surface area contributed by atoms with Crippen LogP contribution in [0.5, 0.6) is 0 Å². The van der Waals surface area contributed by atoms with Crippen LogP contribution in [0.1, 0.15) is 17.3 Å². The van der Waals surface area contributed by atoms with Gasteiger partial charge in [-0.1, -0.05) is 0 Å². The number of anilines is 2. The van der Waals surface area contributed by atoms with Crippen LogP contribution < -0.4 is 10.6 Å². The minimum absolute atomic E-state index is 0.163. The number of halogens is 5. The van der Waals surface area contributed by atoms with Gasteiger partial charge in [0.1, 0.15) is 5.69 Å². The van der Waals surface area contributed by atoms with Crippen molar-refractivity contribution in [1.82, 2.24) is 0 Å². The maximum absolute atomic E-state index is 13.5. The van der Waals surface area contributed by atoms with Gasteiger partial charge in [-0.2, -0.15) is 0 Å². The first kappa shape index (κ1) is 17.8. The average molecular weight is 360 g/mol. The molecule has 2 aromatic rings. The molecule has 2 N–H and O–H groups in total. The lowest BCUT2D eigenvalue weighted by Crippen LogP contribution is -2.22. The van der Waals surface area contributed by atoms with Gasteiger partial charge in [-0.15, -0.1) is 0 Å². The van der Waals surface area contributed by atoms with E-state index in [1.807, 2.05) is 5.32 Å². The first-order valence-electron chi connectivity index (χ1n) is 6.42. The number of nitrogens with one attached hydrogen (secondary N) is 2. The third-order valence-corrected chi connectivity index (χ3v) is 3.20. The Kier molecular flexibility index (Phi) is 5.13. The van der Waals surface area contributed by atoms with Crippen molar-refractivity contribution in [2.75, 3.05) is 10.6 Å². The Balaban J connectivity index is 2.20. The normalized spacial score (nSPS) is 10.4. The fraction of sp³-hybridized carbons (Fsp3) is 0.0667. The SMILES string of the molecule is CC(=O)c1ccc(NC(=S)Nc2c(F)c(F)c(F)c(F)c2F)cc1. The molecule has 0 radical (unpaired) electrons. The molecule has 0 heterocycles. The maximum atomic E-state index is 13.5. The molecule has 126 valence electrons. The molecule has 0 atom stereocenters. The number of hydrogen-bond acceptors (Lipinski definition) is 2. The molecule has 0 amide bonds. The van der Waals surface area contributed by atoms with Crippen LogP contribution >= 0.6 is 12.2 Å². The molecule has 0 aliphatic rings. The molecule has 3 nitrogen and oxygen atoms in total. The number of Topliss-reactive ketones (excluding diaryl/α,β-unsaturated/α-hetero) is 1. The highest BCUT2D eigenvalue weighted by Gasteiger charge is 2.26. The minimum Gasteiger partial charge on any atom is -0.332 e. The second-order valence-corrected chi connectivity index (χ2v) is 5.07. The van der Waals surface area contributed by atoms with Gasteiger partial charge >= 0.3 is 0 Å². The molecule has 0 bridgehead atoms. The first-order valence-corrected chi connectivity index (χ1v) is 6.83. The van der Waals surface area contributed by atoms with E-state index in [1.54, 1.807) is 0 Å². The summed E-state index contributed by atoms with van der Waals surface area (Å²) >= 11 is 4.78. The van der Waals surface area contributed by atoms with Gasteiger partial charge in [0, 0.05) is 11.3 Å². The molecule has 0 saturated carbocycles. The Morgan fingerprint density at radius 2 is 1.29 bits per heavy atom.